The van der Waals surface area contributed by atoms with E-state index in [-0.39, 0.29) is 30.6 Å². The van der Waals surface area contributed by atoms with Crippen molar-refractivity contribution in [2.75, 3.05) is 19.0 Å². The number of methoxy groups -OCH3 is 1. The van der Waals surface area contributed by atoms with Crippen LogP contribution in [0.5, 0.6) is 5.75 Å². The van der Waals surface area contributed by atoms with Crippen LogP contribution in [-0.2, 0) is 9.59 Å². The van der Waals surface area contributed by atoms with Crippen LogP contribution in [0.15, 0.2) is 53.4 Å². The summed E-state index contributed by atoms with van der Waals surface area (Å²) in [6.45, 7) is 0.178. The average Bonchev–Trinajstić information content (AvgIpc) is 2.95. The van der Waals surface area contributed by atoms with Crippen LogP contribution in [0.2, 0.25) is 0 Å². The molecule has 1 aliphatic heterocycles. The Hall–Kier alpha value is -2.71. The van der Waals surface area contributed by atoms with E-state index in [1.807, 2.05) is 24.3 Å². The Morgan fingerprint density at radius 1 is 1.21 bits per heavy atom. The van der Waals surface area contributed by atoms with Gasteiger partial charge in [0.15, 0.2) is 0 Å². The molecule has 1 aliphatic rings. The van der Waals surface area contributed by atoms with Crippen LogP contribution in [0.3, 0.4) is 0 Å². The SMILES string of the molecule is COc1ccc(/C=C2/SC(=S)N(CCC(=O)Nc3ccc(F)cc3)C2=O)cc1. The van der Waals surface area contributed by atoms with Crippen molar-refractivity contribution in [3.63, 3.8) is 0 Å². The average molecular weight is 416 g/mol. The third kappa shape index (κ3) is 4.96. The monoisotopic (exact) mass is 416 g/mol. The molecule has 0 aliphatic carbocycles. The van der Waals surface area contributed by atoms with E-state index in [4.69, 9.17) is 17.0 Å². The van der Waals surface area contributed by atoms with Gasteiger partial charge in [0.1, 0.15) is 15.9 Å². The van der Waals surface area contributed by atoms with Crippen LogP contribution in [0.25, 0.3) is 6.08 Å². The molecular formula is C20H17FN2O3S2. The van der Waals surface area contributed by atoms with Gasteiger partial charge in [-0.1, -0.05) is 36.1 Å². The molecule has 5 nitrogen and oxygen atoms in total. The van der Waals surface area contributed by atoms with E-state index < -0.39 is 0 Å². The third-order valence-electron chi connectivity index (χ3n) is 3.98. The Morgan fingerprint density at radius 2 is 1.89 bits per heavy atom. The number of benzene rings is 2. The molecule has 0 saturated carbocycles. The zero-order valence-electron chi connectivity index (χ0n) is 15.0. The molecule has 0 unspecified atom stereocenters. The smallest absolute Gasteiger partial charge is 0.266 e. The van der Waals surface area contributed by atoms with E-state index in [1.165, 1.54) is 40.9 Å². The molecule has 3 rings (SSSR count). The maximum absolute atomic E-state index is 12.9. The van der Waals surface area contributed by atoms with Crippen molar-refractivity contribution in [1.82, 2.24) is 4.90 Å². The molecule has 0 radical (unpaired) electrons. The van der Waals surface area contributed by atoms with Crippen LogP contribution in [0, 0.1) is 5.82 Å². The Labute approximate surface area is 171 Å². The molecule has 0 atom stereocenters. The van der Waals surface area contributed by atoms with E-state index in [0.29, 0.717) is 14.9 Å². The van der Waals surface area contributed by atoms with Gasteiger partial charge >= 0.3 is 0 Å². The second-order valence-corrected chi connectivity index (χ2v) is 7.59. The fourth-order valence-corrected chi connectivity index (χ4v) is 3.82. The number of ether oxygens (including phenoxy) is 1. The number of anilines is 1. The Morgan fingerprint density at radius 3 is 2.54 bits per heavy atom. The highest BCUT2D eigenvalue weighted by atomic mass is 32.2. The fourth-order valence-electron chi connectivity index (χ4n) is 2.51. The van der Waals surface area contributed by atoms with Crippen molar-refractivity contribution in [3.05, 3.63) is 64.8 Å². The summed E-state index contributed by atoms with van der Waals surface area (Å²) in [5.74, 6) is -0.142. The van der Waals surface area contributed by atoms with Gasteiger partial charge in [0.2, 0.25) is 5.91 Å². The summed E-state index contributed by atoms with van der Waals surface area (Å²) in [5.41, 5.74) is 1.35. The number of amides is 2. The molecule has 0 bridgehead atoms. The van der Waals surface area contributed by atoms with Crippen LogP contribution >= 0.6 is 24.0 Å². The fraction of sp³-hybridized carbons (Fsp3) is 0.150. The largest absolute Gasteiger partial charge is 0.497 e. The van der Waals surface area contributed by atoms with Crippen LogP contribution in [0.1, 0.15) is 12.0 Å². The maximum Gasteiger partial charge on any atom is 0.266 e. The summed E-state index contributed by atoms with van der Waals surface area (Å²) in [6.07, 6.45) is 1.84. The summed E-state index contributed by atoms with van der Waals surface area (Å²) < 4.78 is 18.4. The summed E-state index contributed by atoms with van der Waals surface area (Å²) in [5, 5.41) is 2.66. The lowest BCUT2D eigenvalue weighted by atomic mass is 10.2. The molecule has 0 spiro atoms. The van der Waals surface area contributed by atoms with Crippen molar-refractivity contribution in [3.8, 4) is 5.75 Å². The summed E-state index contributed by atoms with van der Waals surface area (Å²) in [6, 6.07) is 12.8. The molecule has 1 heterocycles. The number of thiocarbonyl (C=S) groups is 1. The van der Waals surface area contributed by atoms with Gasteiger partial charge in [0, 0.05) is 18.7 Å². The summed E-state index contributed by atoms with van der Waals surface area (Å²) in [7, 11) is 1.59. The number of nitrogens with one attached hydrogen (secondary N) is 1. The highest BCUT2D eigenvalue weighted by molar-refractivity contribution is 8.26. The number of thioether (sulfide) groups is 1. The Bertz CT molecular complexity index is 927. The first-order chi connectivity index (χ1) is 13.5. The van der Waals surface area contributed by atoms with Gasteiger partial charge in [-0.2, -0.15) is 0 Å². The van der Waals surface area contributed by atoms with Crippen molar-refractivity contribution >= 4 is 51.9 Å². The minimum absolute atomic E-state index is 0.0830. The first-order valence-electron chi connectivity index (χ1n) is 8.41. The molecule has 1 fully saturated rings. The molecule has 1 saturated heterocycles. The summed E-state index contributed by atoms with van der Waals surface area (Å²) in [4.78, 5) is 26.6. The second kappa shape index (κ2) is 8.99. The van der Waals surface area contributed by atoms with Gasteiger partial charge in [0.25, 0.3) is 5.91 Å². The van der Waals surface area contributed by atoms with Crippen molar-refractivity contribution in [1.29, 1.82) is 0 Å². The molecule has 2 amide bonds. The number of carbonyl (C=O) groups is 2. The zero-order valence-corrected chi connectivity index (χ0v) is 16.6. The van der Waals surface area contributed by atoms with Gasteiger partial charge in [-0.3, -0.25) is 14.5 Å². The molecule has 28 heavy (non-hydrogen) atoms. The molecule has 0 aromatic heterocycles. The normalized spacial score (nSPS) is 15.2. The Balaban J connectivity index is 1.59. The summed E-state index contributed by atoms with van der Waals surface area (Å²) >= 11 is 6.49. The van der Waals surface area contributed by atoms with Crippen LogP contribution < -0.4 is 10.1 Å². The quantitative estimate of drug-likeness (QED) is 0.568. The van der Waals surface area contributed by atoms with E-state index in [2.05, 4.69) is 5.32 Å². The molecule has 1 N–H and O–H groups in total. The van der Waals surface area contributed by atoms with Crippen molar-refractivity contribution < 1.29 is 18.7 Å². The van der Waals surface area contributed by atoms with Crippen LogP contribution in [-0.4, -0.2) is 34.7 Å². The molecular weight excluding hydrogens is 399 g/mol. The van der Waals surface area contributed by atoms with Crippen molar-refractivity contribution in [2.45, 2.75) is 6.42 Å². The van der Waals surface area contributed by atoms with Gasteiger partial charge in [0.05, 0.1) is 12.0 Å². The highest BCUT2D eigenvalue weighted by Gasteiger charge is 2.32. The first kappa shape index (κ1) is 20.0. The molecule has 144 valence electrons. The second-order valence-electron chi connectivity index (χ2n) is 5.91. The molecule has 2 aromatic carbocycles. The minimum Gasteiger partial charge on any atom is -0.497 e. The third-order valence-corrected chi connectivity index (χ3v) is 5.36. The topological polar surface area (TPSA) is 58.6 Å². The van der Waals surface area contributed by atoms with Crippen molar-refractivity contribution in [2.24, 2.45) is 0 Å². The van der Waals surface area contributed by atoms with Crippen LogP contribution in [0.4, 0.5) is 10.1 Å². The van der Waals surface area contributed by atoms with Gasteiger partial charge in [-0.05, 0) is 48.0 Å². The predicted octanol–water partition coefficient (Wildman–Crippen LogP) is 4.06. The number of hydrogen-bond acceptors (Lipinski definition) is 5. The minimum atomic E-state index is -0.376. The van der Waals surface area contributed by atoms with E-state index in [1.54, 1.807) is 13.2 Å². The Kier molecular flexibility index (Phi) is 6.43. The number of halogens is 1. The molecule has 8 heteroatoms. The maximum atomic E-state index is 12.9. The van der Waals surface area contributed by atoms with Gasteiger partial charge < -0.3 is 10.1 Å². The standard InChI is InChI=1S/C20H17FN2O3S2/c1-26-16-8-2-13(3-9-16)12-17-19(25)23(20(27)28-17)11-10-18(24)22-15-6-4-14(21)5-7-15/h2-9,12H,10-11H2,1H3,(H,22,24)/b17-12+. The number of hydrogen-bond donors (Lipinski definition) is 1. The zero-order chi connectivity index (χ0) is 20.1. The van der Waals surface area contributed by atoms with Gasteiger partial charge in [-0.15, -0.1) is 0 Å². The molecule has 2 aromatic rings. The van der Waals surface area contributed by atoms with E-state index in [0.717, 1.165) is 11.3 Å². The predicted molar refractivity (Wildman–Crippen MR) is 113 cm³/mol. The lowest BCUT2D eigenvalue weighted by Crippen LogP contribution is -2.31. The number of nitrogens with zero attached hydrogens (tertiary/aromatic N) is 1. The lowest BCUT2D eigenvalue weighted by Gasteiger charge is -2.14. The number of rotatable bonds is 6. The van der Waals surface area contributed by atoms with E-state index in [9.17, 15) is 14.0 Å². The highest BCUT2D eigenvalue weighted by Crippen LogP contribution is 2.32. The number of carbonyl (C=O) groups excluding carboxylic acids is 2. The first-order valence-corrected chi connectivity index (χ1v) is 9.63. The van der Waals surface area contributed by atoms with Gasteiger partial charge in [-0.25, -0.2) is 4.39 Å². The lowest BCUT2D eigenvalue weighted by molar-refractivity contribution is -0.122. The van der Waals surface area contributed by atoms with E-state index >= 15 is 0 Å².